The van der Waals surface area contributed by atoms with Crippen molar-refractivity contribution in [1.82, 2.24) is 4.98 Å². The lowest BCUT2D eigenvalue weighted by Crippen LogP contribution is -2.38. The standard InChI is InChI=1S/C13H19N3OS/c1-9(17)10-4-7-16(8-5-10)11-3-2-6-15-12(11)13(14)18/h2-3,6,9-10,17H,4-5,7-8H2,1H3,(H2,14,18). The van der Waals surface area contributed by atoms with Crippen LogP contribution in [0.15, 0.2) is 18.3 Å². The van der Waals surface area contributed by atoms with E-state index >= 15 is 0 Å². The number of nitrogens with two attached hydrogens (primary N) is 1. The summed E-state index contributed by atoms with van der Waals surface area (Å²) in [7, 11) is 0. The smallest absolute Gasteiger partial charge is 0.124 e. The van der Waals surface area contributed by atoms with E-state index in [1.165, 1.54) is 0 Å². The van der Waals surface area contributed by atoms with Crippen molar-refractivity contribution in [3.63, 3.8) is 0 Å². The number of hydrogen-bond donors (Lipinski definition) is 2. The van der Waals surface area contributed by atoms with Gasteiger partial charge in [-0.05, 0) is 37.8 Å². The van der Waals surface area contributed by atoms with Crippen LogP contribution in [0.4, 0.5) is 5.69 Å². The van der Waals surface area contributed by atoms with Crippen molar-refractivity contribution in [2.24, 2.45) is 11.7 Å². The van der Waals surface area contributed by atoms with Crippen LogP contribution in [0, 0.1) is 5.92 Å². The number of piperidine rings is 1. The van der Waals surface area contributed by atoms with Crippen molar-refractivity contribution in [1.29, 1.82) is 0 Å². The van der Waals surface area contributed by atoms with Crippen molar-refractivity contribution < 1.29 is 5.11 Å². The molecule has 18 heavy (non-hydrogen) atoms. The first-order valence-corrected chi connectivity index (χ1v) is 6.68. The molecule has 1 aromatic rings. The summed E-state index contributed by atoms with van der Waals surface area (Å²) in [6.45, 7) is 3.69. The number of nitrogens with zero attached hydrogens (tertiary/aromatic N) is 2. The molecule has 1 aliphatic heterocycles. The van der Waals surface area contributed by atoms with E-state index in [1.807, 2.05) is 19.1 Å². The van der Waals surface area contributed by atoms with Gasteiger partial charge in [-0.15, -0.1) is 0 Å². The summed E-state index contributed by atoms with van der Waals surface area (Å²) in [6, 6.07) is 3.90. The highest BCUT2D eigenvalue weighted by Crippen LogP contribution is 2.26. The van der Waals surface area contributed by atoms with Crippen LogP contribution >= 0.6 is 12.2 Å². The number of anilines is 1. The molecule has 0 radical (unpaired) electrons. The Labute approximate surface area is 113 Å². The summed E-state index contributed by atoms with van der Waals surface area (Å²) >= 11 is 5.03. The highest BCUT2D eigenvalue weighted by atomic mass is 32.1. The molecule has 1 atom stereocenters. The second-order valence-electron chi connectivity index (χ2n) is 4.80. The molecule has 1 unspecified atom stereocenters. The molecular weight excluding hydrogens is 246 g/mol. The molecule has 1 aromatic heterocycles. The lowest BCUT2D eigenvalue weighted by Gasteiger charge is -2.35. The summed E-state index contributed by atoms with van der Waals surface area (Å²) in [5, 5.41) is 9.61. The molecule has 2 rings (SSSR count). The first-order chi connectivity index (χ1) is 8.59. The summed E-state index contributed by atoms with van der Waals surface area (Å²) in [5.41, 5.74) is 7.40. The van der Waals surface area contributed by atoms with E-state index in [-0.39, 0.29) is 6.10 Å². The zero-order valence-corrected chi connectivity index (χ0v) is 11.4. The van der Waals surface area contributed by atoms with Gasteiger partial charge in [-0.1, -0.05) is 12.2 Å². The molecular formula is C13H19N3OS. The van der Waals surface area contributed by atoms with Crippen molar-refractivity contribution in [3.05, 3.63) is 24.0 Å². The number of aromatic nitrogens is 1. The van der Waals surface area contributed by atoms with Gasteiger partial charge >= 0.3 is 0 Å². The third-order valence-corrected chi connectivity index (χ3v) is 3.78. The fourth-order valence-electron chi connectivity index (χ4n) is 2.46. The Morgan fingerprint density at radius 1 is 1.56 bits per heavy atom. The normalized spacial score (nSPS) is 18.7. The lowest BCUT2D eigenvalue weighted by molar-refractivity contribution is 0.110. The number of pyridine rings is 1. The quantitative estimate of drug-likeness (QED) is 0.807. The van der Waals surface area contributed by atoms with Gasteiger partial charge in [0, 0.05) is 19.3 Å². The Kier molecular flexibility index (Phi) is 4.14. The molecule has 0 aromatic carbocycles. The van der Waals surface area contributed by atoms with Gasteiger partial charge in [-0.25, -0.2) is 0 Å². The molecule has 0 aliphatic carbocycles. The molecule has 5 heteroatoms. The summed E-state index contributed by atoms with van der Waals surface area (Å²) in [5.74, 6) is 0.395. The first-order valence-electron chi connectivity index (χ1n) is 6.27. The predicted octanol–water partition coefficient (Wildman–Crippen LogP) is 1.31. The average Bonchev–Trinajstić information content (AvgIpc) is 2.39. The summed E-state index contributed by atoms with van der Waals surface area (Å²) < 4.78 is 0. The van der Waals surface area contributed by atoms with Crippen LogP contribution in [0.3, 0.4) is 0 Å². The molecule has 0 bridgehead atoms. The molecule has 0 spiro atoms. The van der Waals surface area contributed by atoms with Crippen molar-refractivity contribution in [3.8, 4) is 0 Å². The molecule has 1 saturated heterocycles. The lowest BCUT2D eigenvalue weighted by atomic mass is 9.92. The SMILES string of the molecule is CC(O)C1CCN(c2cccnc2C(N)=S)CC1. The van der Waals surface area contributed by atoms with E-state index in [0.29, 0.717) is 16.6 Å². The largest absolute Gasteiger partial charge is 0.393 e. The van der Waals surface area contributed by atoms with Gasteiger partial charge in [-0.3, -0.25) is 4.98 Å². The van der Waals surface area contributed by atoms with Gasteiger partial charge in [0.1, 0.15) is 10.7 Å². The van der Waals surface area contributed by atoms with E-state index in [2.05, 4.69) is 9.88 Å². The maximum Gasteiger partial charge on any atom is 0.124 e. The van der Waals surface area contributed by atoms with Gasteiger partial charge in [0.25, 0.3) is 0 Å². The average molecular weight is 265 g/mol. The Balaban J connectivity index is 2.12. The van der Waals surface area contributed by atoms with E-state index in [0.717, 1.165) is 31.6 Å². The van der Waals surface area contributed by atoms with E-state index in [1.54, 1.807) is 6.20 Å². The van der Waals surface area contributed by atoms with E-state index in [9.17, 15) is 5.11 Å². The fraction of sp³-hybridized carbons (Fsp3) is 0.538. The first kappa shape index (κ1) is 13.2. The van der Waals surface area contributed by atoms with Gasteiger partial charge in [0.15, 0.2) is 0 Å². The maximum atomic E-state index is 9.61. The van der Waals surface area contributed by atoms with Crippen LogP contribution < -0.4 is 10.6 Å². The van der Waals surface area contributed by atoms with Crippen LogP contribution in [0.2, 0.25) is 0 Å². The van der Waals surface area contributed by atoms with Crippen LogP contribution in [0.25, 0.3) is 0 Å². The minimum absolute atomic E-state index is 0.226. The molecule has 3 N–H and O–H groups in total. The fourth-order valence-corrected chi connectivity index (χ4v) is 2.62. The molecule has 4 nitrogen and oxygen atoms in total. The minimum atomic E-state index is -0.226. The molecule has 0 amide bonds. The molecule has 2 heterocycles. The number of thiocarbonyl (C=S) groups is 1. The predicted molar refractivity (Wildman–Crippen MR) is 76.7 cm³/mol. The van der Waals surface area contributed by atoms with Crippen LogP contribution in [0.1, 0.15) is 25.5 Å². The van der Waals surface area contributed by atoms with Crippen molar-refractivity contribution in [2.45, 2.75) is 25.9 Å². The third-order valence-electron chi connectivity index (χ3n) is 3.58. The van der Waals surface area contributed by atoms with Crippen LogP contribution in [-0.2, 0) is 0 Å². The monoisotopic (exact) mass is 265 g/mol. The van der Waals surface area contributed by atoms with E-state index in [4.69, 9.17) is 18.0 Å². The van der Waals surface area contributed by atoms with E-state index < -0.39 is 0 Å². The topological polar surface area (TPSA) is 62.4 Å². The summed E-state index contributed by atoms with van der Waals surface area (Å²) in [6.07, 6.45) is 3.46. The second-order valence-corrected chi connectivity index (χ2v) is 5.24. The van der Waals surface area contributed by atoms with Crippen LogP contribution in [-0.4, -0.2) is 34.3 Å². The minimum Gasteiger partial charge on any atom is -0.393 e. The number of hydrogen-bond acceptors (Lipinski definition) is 4. The number of rotatable bonds is 3. The van der Waals surface area contributed by atoms with Gasteiger partial charge in [-0.2, -0.15) is 0 Å². The van der Waals surface area contributed by atoms with Crippen LogP contribution in [0.5, 0.6) is 0 Å². The Morgan fingerprint density at radius 3 is 2.78 bits per heavy atom. The Hall–Kier alpha value is -1.20. The highest BCUT2D eigenvalue weighted by molar-refractivity contribution is 7.80. The zero-order chi connectivity index (χ0) is 13.1. The molecule has 1 aliphatic rings. The van der Waals surface area contributed by atoms with Gasteiger partial charge in [0.2, 0.25) is 0 Å². The zero-order valence-electron chi connectivity index (χ0n) is 10.5. The van der Waals surface area contributed by atoms with Crippen molar-refractivity contribution in [2.75, 3.05) is 18.0 Å². The van der Waals surface area contributed by atoms with Gasteiger partial charge < -0.3 is 15.7 Å². The maximum absolute atomic E-state index is 9.61. The second kappa shape index (κ2) is 5.63. The number of aliphatic hydroxyl groups is 1. The third kappa shape index (κ3) is 2.79. The molecule has 0 saturated carbocycles. The molecule has 98 valence electrons. The number of aliphatic hydroxyl groups excluding tert-OH is 1. The highest BCUT2D eigenvalue weighted by Gasteiger charge is 2.24. The molecule has 1 fully saturated rings. The van der Waals surface area contributed by atoms with Gasteiger partial charge in [0.05, 0.1) is 11.8 Å². The van der Waals surface area contributed by atoms with Crippen molar-refractivity contribution >= 4 is 22.9 Å². The Bertz CT molecular complexity index is 428. The Morgan fingerprint density at radius 2 is 2.22 bits per heavy atom. The summed E-state index contributed by atoms with van der Waals surface area (Å²) in [4.78, 5) is 6.84.